The average molecular weight is 437 g/mol. The van der Waals surface area contributed by atoms with Gasteiger partial charge >= 0.3 is 6.18 Å². The van der Waals surface area contributed by atoms with E-state index in [9.17, 15) is 22.4 Å². The highest BCUT2D eigenvalue weighted by Gasteiger charge is 2.31. The standard InChI is InChI=1S/C21H19F4N3O3/c1-2-11-30-17-8-5-14(21(23,24)25)12-16(17)26-18(29)9-10-19-27-20(28-31-19)13-3-6-15(22)7-4-13/h3-8,12H,2,9-11H2,1H3,(H,26,29). The summed E-state index contributed by atoms with van der Waals surface area (Å²) in [5.41, 5.74) is -0.416. The van der Waals surface area contributed by atoms with Crippen LogP contribution >= 0.6 is 0 Å². The average Bonchev–Trinajstić information content (AvgIpc) is 3.20. The molecule has 31 heavy (non-hydrogen) atoms. The first kappa shape index (κ1) is 22.3. The van der Waals surface area contributed by atoms with Gasteiger partial charge in [0.1, 0.15) is 11.6 Å². The second kappa shape index (κ2) is 9.59. The molecule has 0 radical (unpaired) electrons. The first-order valence-corrected chi connectivity index (χ1v) is 9.48. The predicted octanol–water partition coefficient (Wildman–Crippen LogP) is 5.25. The van der Waals surface area contributed by atoms with Crippen LogP contribution in [0.1, 0.15) is 31.2 Å². The van der Waals surface area contributed by atoms with Crippen LogP contribution in [0.4, 0.5) is 23.2 Å². The van der Waals surface area contributed by atoms with Gasteiger partial charge in [0.2, 0.25) is 17.6 Å². The maximum Gasteiger partial charge on any atom is 0.416 e. The molecule has 0 spiro atoms. The van der Waals surface area contributed by atoms with E-state index in [0.717, 1.165) is 12.1 Å². The molecule has 1 N–H and O–H groups in total. The highest BCUT2D eigenvalue weighted by molar-refractivity contribution is 5.92. The summed E-state index contributed by atoms with van der Waals surface area (Å²) in [5.74, 6) is -0.382. The Hall–Kier alpha value is -3.43. The molecule has 0 atom stereocenters. The number of carbonyl (C=O) groups excluding carboxylic acids is 1. The van der Waals surface area contributed by atoms with E-state index in [1.807, 2.05) is 6.92 Å². The molecule has 0 fully saturated rings. The molecule has 6 nitrogen and oxygen atoms in total. The number of benzene rings is 2. The molecule has 3 aromatic rings. The van der Waals surface area contributed by atoms with Crippen molar-refractivity contribution in [3.8, 4) is 17.1 Å². The number of alkyl halides is 3. The number of ether oxygens (including phenoxy) is 1. The maximum atomic E-state index is 13.0. The fourth-order valence-corrected chi connectivity index (χ4v) is 2.65. The third kappa shape index (κ3) is 6.03. The van der Waals surface area contributed by atoms with Gasteiger partial charge in [-0.05, 0) is 48.9 Å². The van der Waals surface area contributed by atoms with E-state index in [0.29, 0.717) is 18.6 Å². The maximum absolute atomic E-state index is 13.0. The fourth-order valence-electron chi connectivity index (χ4n) is 2.65. The molecule has 1 amide bonds. The predicted molar refractivity (Wildman–Crippen MR) is 104 cm³/mol. The number of amides is 1. The normalized spacial score (nSPS) is 11.4. The Kier molecular flexibility index (Phi) is 6.88. The molecule has 1 aromatic heterocycles. The summed E-state index contributed by atoms with van der Waals surface area (Å²) < 4.78 is 62.6. The number of aromatic nitrogens is 2. The monoisotopic (exact) mass is 437 g/mol. The molecule has 0 unspecified atom stereocenters. The lowest BCUT2D eigenvalue weighted by atomic mass is 10.1. The minimum Gasteiger partial charge on any atom is -0.491 e. The summed E-state index contributed by atoms with van der Waals surface area (Å²) in [6.07, 6.45) is -3.93. The Morgan fingerprint density at radius 2 is 1.90 bits per heavy atom. The first-order valence-electron chi connectivity index (χ1n) is 9.48. The summed E-state index contributed by atoms with van der Waals surface area (Å²) >= 11 is 0. The van der Waals surface area contributed by atoms with Gasteiger partial charge in [-0.15, -0.1) is 0 Å². The van der Waals surface area contributed by atoms with Crippen LogP contribution in [0.3, 0.4) is 0 Å². The van der Waals surface area contributed by atoms with Gasteiger partial charge in [0.15, 0.2) is 0 Å². The van der Waals surface area contributed by atoms with E-state index in [-0.39, 0.29) is 36.0 Å². The van der Waals surface area contributed by atoms with E-state index in [4.69, 9.17) is 9.26 Å². The van der Waals surface area contributed by atoms with E-state index in [1.54, 1.807) is 0 Å². The molecule has 0 aliphatic heterocycles. The summed E-state index contributed by atoms with van der Waals surface area (Å²) in [7, 11) is 0. The zero-order valence-corrected chi connectivity index (χ0v) is 16.5. The lowest BCUT2D eigenvalue weighted by Gasteiger charge is -2.15. The summed E-state index contributed by atoms with van der Waals surface area (Å²) in [6.45, 7) is 2.15. The number of hydrogen-bond acceptors (Lipinski definition) is 5. The van der Waals surface area contributed by atoms with Crippen molar-refractivity contribution in [2.45, 2.75) is 32.4 Å². The molecule has 0 saturated heterocycles. The van der Waals surface area contributed by atoms with Crippen LogP contribution in [0.15, 0.2) is 47.0 Å². The Morgan fingerprint density at radius 1 is 1.16 bits per heavy atom. The number of anilines is 1. The number of aryl methyl sites for hydroxylation is 1. The van der Waals surface area contributed by atoms with E-state index < -0.39 is 23.5 Å². The van der Waals surface area contributed by atoms with Crippen molar-refractivity contribution < 1.29 is 31.6 Å². The van der Waals surface area contributed by atoms with Gasteiger partial charge in [-0.3, -0.25) is 4.79 Å². The van der Waals surface area contributed by atoms with Crippen LogP contribution in [-0.4, -0.2) is 22.7 Å². The molecule has 2 aromatic carbocycles. The molecular weight excluding hydrogens is 418 g/mol. The van der Waals surface area contributed by atoms with Crippen LogP contribution in [0, 0.1) is 5.82 Å². The second-order valence-corrected chi connectivity index (χ2v) is 6.62. The van der Waals surface area contributed by atoms with Crippen LogP contribution in [0.2, 0.25) is 0 Å². The summed E-state index contributed by atoms with van der Waals surface area (Å²) in [5, 5.41) is 6.23. The number of carbonyl (C=O) groups is 1. The number of halogens is 4. The molecule has 10 heteroatoms. The molecule has 164 valence electrons. The second-order valence-electron chi connectivity index (χ2n) is 6.62. The smallest absolute Gasteiger partial charge is 0.416 e. The minimum atomic E-state index is -4.55. The number of hydrogen-bond donors (Lipinski definition) is 1. The first-order chi connectivity index (χ1) is 14.8. The number of nitrogens with one attached hydrogen (secondary N) is 1. The van der Waals surface area contributed by atoms with Crippen molar-refractivity contribution in [2.24, 2.45) is 0 Å². The topological polar surface area (TPSA) is 77.2 Å². The van der Waals surface area contributed by atoms with Crippen molar-refractivity contribution in [3.63, 3.8) is 0 Å². The Balaban J connectivity index is 1.65. The highest BCUT2D eigenvalue weighted by atomic mass is 19.4. The van der Waals surface area contributed by atoms with E-state index >= 15 is 0 Å². The minimum absolute atomic E-state index is 0.0641. The molecule has 0 aliphatic rings. The van der Waals surface area contributed by atoms with Gasteiger partial charge in [0.25, 0.3) is 0 Å². The molecule has 0 saturated carbocycles. The van der Waals surface area contributed by atoms with Gasteiger partial charge in [0, 0.05) is 18.4 Å². The van der Waals surface area contributed by atoms with Gasteiger partial charge in [0.05, 0.1) is 17.9 Å². The molecular formula is C21H19F4N3O3. The molecule has 1 heterocycles. The molecule has 3 rings (SSSR count). The van der Waals surface area contributed by atoms with Gasteiger partial charge in [-0.2, -0.15) is 18.2 Å². The zero-order valence-electron chi connectivity index (χ0n) is 16.5. The van der Waals surface area contributed by atoms with Crippen molar-refractivity contribution >= 4 is 11.6 Å². The van der Waals surface area contributed by atoms with Crippen LogP contribution < -0.4 is 10.1 Å². The van der Waals surface area contributed by atoms with Crippen molar-refractivity contribution in [1.29, 1.82) is 0 Å². The largest absolute Gasteiger partial charge is 0.491 e. The molecule has 0 aliphatic carbocycles. The Morgan fingerprint density at radius 3 is 2.58 bits per heavy atom. The highest BCUT2D eigenvalue weighted by Crippen LogP contribution is 2.35. The Bertz CT molecular complexity index is 1030. The lowest BCUT2D eigenvalue weighted by molar-refractivity contribution is -0.137. The van der Waals surface area contributed by atoms with Crippen LogP contribution in [0.5, 0.6) is 5.75 Å². The van der Waals surface area contributed by atoms with E-state index in [1.165, 1.54) is 30.3 Å². The summed E-state index contributed by atoms with van der Waals surface area (Å²) in [6, 6.07) is 8.40. The Labute approximate surface area is 175 Å². The van der Waals surface area contributed by atoms with Gasteiger partial charge < -0.3 is 14.6 Å². The van der Waals surface area contributed by atoms with E-state index in [2.05, 4.69) is 15.5 Å². The zero-order chi connectivity index (χ0) is 22.4. The lowest BCUT2D eigenvalue weighted by Crippen LogP contribution is -2.15. The van der Waals surface area contributed by atoms with Crippen LogP contribution in [0.25, 0.3) is 11.4 Å². The van der Waals surface area contributed by atoms with Gasteiger partial charge in [-0.25, -0.2) is 4.39 Å². The van der Waals surface area contributed by atoms with Gasteiger partial charge in [-0.1, -0.05) is 12.1 Å². The third-order valence-electron chi connectivity index (χ3n) is 4.18. The SMILES string of the molecule is CCCOc1ccc(C(F)(F)F)cc1NC(=O)CCc1nc(-c2ccc(F)cc2)no1. The van der Waals surface area contributed by atoms with Crippen LogP contribution in [-0.2, 0) is 17.4 Å². The molecule has 0 bridgehead atoms. The van der Waals surface area contributed by atoms with Crippen molar-refractivity contribution in [1.82, 2.24) is 10.1 Å². The summed E-state index contributed by atoms with van der Waals surface area (Å²) in [4.78, 5) is 16.4. The van der Waals surface area contributed by atoms with Crippen molar-refractivity contribution in [3.05, 3.63) is 59.7 Å². The third-order valence-corrected chi connectivity index (χ3v) is 4.18. The quantitative estimate of drug-likeness (QED) is 0.487. The number of nitrogens with zero attached hydrogens (tertiary/aromatic N) is 2. The van der Waals surface area contributed by atoms with Crippen molar-refractivity contribution in [2.75, 3.05) is 11.9 Å². The fraction of sp³-hybridized carbons (Fsp3) is 0.286. The number of rotatable bonds is 8.